The van der Waals surface area contributed by atoms with Gasteiger partial charge in [0.2, 0.25) is 0 Å². The quantitative estimate of drug-likeness (QED) is 0.236. The monoisotopic (exact) mass is 368 g/mol. The van der Waals surface area contributed by atoms with Gasteiger partial charge in [0.05, 0.1) is 6.61 Å². The number of para-hydroxylation sites is 1. The van der Waals surface area contributed by atoms with Crippen LogP contribution in [0.1, 0.15) is 63.0 Å². The predicted octanol–water partition coefficient (Wildman–Crippen LogP) is 6.74. The summed E-state index contributed by atoms with van der Waals surface area (Å²) in [7, 11) is 0. The van der Waals surface area contributed by atoms with Gasteiger partial charge in [-0.2, -0.15) is 0 Å². The number of ether oxygens (including phenoxy) is 2. The molecule has 0 bridgehead atoms. The molecule has 27 heavy (non-hydrogen) atoms. The summed E-state index contributed by atoms with van der Waals surface area (Å²) in [6.07, 6.45) is 9.22. The summed E-state index contributed by atoms with van der Waals surface area (Å²) in [5.41, 5.74) is 2.47. The van der Waals surface area contributed by atoms with Crippen molar-refractivity contribution in [2.45, 2.75) is 64.7 Å². The van der Waals surface area contributed by atoms with E-state index in [4.69, 9.17) is 9.47 Å². The van der Waals surface area contributed by atoms with Gasteiger partial charge in [-0.1, -0.05) is 81.1 Å². The predicted molar refractivity (Wildman–Crippen MR) is 110 cm³/mol. The van der Waals surface area contributed by atoms with E-state index >= 15 is 0 Å². The van der Waals surface area contributed by atoms with Crippen molar-refractivity contribution < 1.29 is 14.3 Å². The molecule has 0 unspecified atom stereocenters. The summed E-state index contributed by atoms with van der Waals surface area (Å²) in [6, 6.07) is 18.3. The van der Waals surface area contributed by atoms with Crippen LogP contribution in [-0.4, -0.2) is 12.8 Å². The Morgan fingerprint density at radius 1 is 0.778 bits per heavy atom. The lowest BCUT2D eigenvalue weighted by molar-refractivity contribution is 0.0969. The number of aryl methyl sites for hydroxylation is 2. The van der Waals surface area contributed by atoms with E-state index in [2.05, 4.69) is 37.3 Å². The minimum atomic E-state index is -0.594. The van der Waals surface area contributed by atoms with E-state index in [-0.39, 0.29) is 0 Å². The Balaban J connectivity index is 1.53. The minimum Gasteiger partial charge on any atom is -0.434 e. The molecule has 2 aromatic carbocycles. The molecular formula is C24H32O3. The average molecular weight is 369 g/mol. The molecule has 0 aromatic heterocycles. The number of carbonyl (C=O) groups excluding carboxylic acids is 1. The maximum atomic E-state index is 11.9. The third kappa shape index (κ3) is 8.76. The van der Waals surface area contributed by atoms with E-state index in [1.807, 2.05) is 24.3 Å². The van der Waals surface area contributed by atoms with Gasteiger partial charge >= 0.3 is 6.16 Å². The number of hydrogen-bond acceptors (Lipinski definition) is 3. The van der Waals surface area contributed by atoms with E-state index in [1.165, 1.54) is 24.8 Å². The zero-order valence-electron chi connectivity index (χ0n) is 16.5. The highest BCUT2D eigenvalue weighted by molar-refractivity contribution is 5.64. The van der Waals surface area contributed by atoms with Crippen LogP contribution in [0.4, 0.5) is 4.79 Å². The second-order valence-electron chi connectivity index (χ2n) is 6.92. The van der Waals surface area contributed by atoms with E-state index < -0.39 is 6.16 Å². The van der Waals surface area contributed by atoms with Gasteiger partial charge in [-0.25, -0.2) is 4.79 Å². The van der Waals surface area contributed by atoms with Crippen molar-refractivity contribution in [2.75, 3.05) is 6.61 Å². The van der Waals surface area contributed by atoms with Crippen molar-refractivity contribution in [1.29, 1.82) is 0 Å². The first kappa shape index (κ1) is 21.0. The fraction of sp³-hybridized carbons (Fsp3) is 0.458. The molecule has 146 valence electrons. The van der Waals surface area contributed by atoms with Crippen LogP contribution in [0.5, 0.6) is 5.75 Å². The molecular weight excluding hydrogens is 336 g/mol. The topological polar surface area (TPSA) is 35.5 Å². The third-order valence-corrected chi connectivity index (χ3v) is 4.64. The second kappa shape index (κ2) is 13.0. The molecule has 0 aliphatic heterocycles. The van der Waals surface area contributed by atoms with Crippen LogP contribution in [0.15, 0.2) is 54.6 Å². The summed E-state index contributed by atoms with van der Waals surface area (Å²) in [6.45, 7) is 2.58. The first-order chi connectivity index (χ1) is 13.3. The SMILES string of the molecule is CCCCc1ccccc1OC(=O)OCCCCCCCc1ccccc1. The van der Waals surface area contributed by atoms with Crippen LogP contribution < -0.4 is 4.74 Å². The van der Waals surface area contributed by atoms with Crippen molar-refractivity contribution in [3.8, 4) is 5.75 Å². The molecule has 0 saturated heterocycles. The van der Waals surface area contributed by atoms with Gasteiger partial charge in [0, 0.05) is 0 Å². The van der Waals surface area contributed by atoms with Crippen LogP contribution in [0.3, 0.4) is 0 Å². The molecule has 3 nitrogen and oxygen atoms in total. The van der Waals surface area contributed by atoms with Crippen LogP contribution in [0.2, 0.25) is 0 Å². The first-order valence-electron chi connectivity index (χ1n) is 10.3. The molecule has 0 spiro atoms. The molecule has 0 fully saturated rings. The minimum absolute atomic E-state index is 0.425. The molecule has 0 aliphatic rings. The summed E-state index contributed by atoms with van der Waals surface area (Å²) in [5.74, 6) is 0.622. The van der Waals surface area contributed by atoms with Gasteiger partial charge in [0.1, 0.15) is 5.75 Å². The smallest absolute Gasteiger partial charge is 0.434 e. The van der Waals surface area contributed by atoms with Crippen LogP contribution in [-0.2, 0) is 17.6 Å². The van der Waals surface area contributed by atoms with E-state index in [0.717, 1.165) is 44.1 Å². The second-order valence-corrected chi connectivity index (χ2v) is 6.92. The molecule has 0 N–H and O–H groups in total. The van der Waals surface area contributed by atoms with Gasteiger partial charge in [-0.3, -0.25) is 0 Å². The maximum absolute atomic E-state index is 11.9. The zero-order chi connectivity index (χ0) is 19.2. The molecule has 0 saturated carbocycles. The Morgan fingerprint density at radius 3 is 2.30 bits per heavy atom. The normalized spacial score (nSPS) is 10.6. The fourth-order valence-electron chi connectivity index (χ4n) is 3.06. The number of hydrogen-bond donors (Lipinski definition) is 0. The Hall–Kier alpha value is -2.29. The van der Waals surface area contributed by atoms with Gasteiger partial charge in [-0.15, -0.1) is 0 Å². The lowest BCUT2D eigenvalue weighted by atomic mass is 10.1. The largest absolute Gasteiger partial charge is 0.513 e. The molecule has 0 amide bonds. The summed E-state index contributed by atoms with van der Waals surface area (Å²) in [4.78, 5) is 11.9. The maximum Gasteiger partial charge on any atom is 0.513 e. The zero-order valence-corrected chi connectivity index (χ0v) is 16.5. The lowest BCUT2D eigenvalue weighted by Crippen LogP contribution is -2.12. The molecule has 2 rings (SSSR count). The lowest BCUT2D eigenvalue weighted by Gasteiger charge is -2.10. The average Bonchev–Trinajstić information content (AvgIpc) is 2.70. The number of unbranched alkanes of at least 4 members (excludes halogenated alkanes) is 5. The number of benzene rings is 2. The van der Waals surface area contributed by atoms with E-state index in [0.29, 0.717) is 12.4 Å². The fourth-order valence-corrected chi connectivity index (χ4v) is 3.06. The summed E-state index contributed by atoms with van der Waals surface area (Å²) < 4.78 is 10.6. The van der Waals surface area contributed by atoms with Crippen LogP contribution in [0.25, 0.3) is 0 Å². The van der Waals surface area contributed by atoms with Gasteiger partial charge in [0.25, 0.3) is 0 Å². The van der Waals surface area contributed by atoms with E-state index in [9.17, 15) is 4.79 Å². The van der Waals surface area contributed by atoms with Crippen molar-refractivity contribution in [2.24, 2.45) is 0 Å². The highest BCUT2D eigenvalue weighted by atomic mass is 16.7. The van der Waals surface area contributed by atoms with Crippen molar-refractivity contribution in [3.63, 3.8) is 0 Å². The number of rotatable bonds is 12. The van der Waals surface area contributed by atoms with Gasteiger partial charge in [0.15, 0.2) is 0 Å². The summed E-state index contributed by atoms with van der Waals surface area (Å²) >= 11 is 0. The van der Waals surface area contributed by atoms with Crippen molar-refractivity contribution in [3.05, 3.63) is 65.7 Å². The van der Waals surface area contributed by atoms with E-state index in [1.54, 1.807) is 0 Å². The molecule has 2 aromatic rings. The summed E-state index contributed by atoms with van der Waals surface area (Å²) in [5, 5.41) is 0. The molecule has 3 heteroatoms. The molecule has 0 heterocycles. The van der Waals surface area contributed by atoms with Crippen molar-refractivity contribution in [1.82, 2.24) is 0 Å². The Morgan fingerprint density at radius 2 is 1.48 bits per heavy atom. The Bertz CT molecular complexity index is 652. The molecule has 0 atom stereocenters. The van der Waals surface area contributed by atoms with Crippen LogP contribution >= 0.6 is 0 Å². The van der Waals surface area contributed by atoms with Gasteiger partial charge < -0.3 is 9.47 Å². The highest BCUT2D eigenvalue weighted by Crippen LogP contribution is 2.20. The van der Waals surface area contributed by atoms with Gasteiger partial charge in [-0.05, 0) is 49.3 Å². The molecule has 0 radical (unpaired) electrons. The highest BCUT2D eigenvalue weighted by Gasteiger charge is 2.09. The Labute approximate surface area is 163 Å². The number of carbonyl (C=O) groups is 1. The van der Waals surface area contributed by atoms with Crippen LogP contribution in [0, 0.1) is 0 Å². The first-order valence-corrected chi connectivity index (χ1v) is 10.3. The van der Waals surface area contributed by atoms with Crippen molar-refractivity contribution >= 4 is 6.16 Å². The molecule has 0 aliphatic carbocycles. The third-order valence-electron chi connectivity index (χ3n) is 4.64. The standard InChI is InChI=1S/C24H32O3/c1-2-3-17-22-18-11-12-19-23(22)27-24(25)26-20-13-6-4-5-8-14-21-15-9-7-10-16-21/h7,9-12,15-16,18-19H,2-6,8,13-14,17,20H2,1H3. The Kier molecular flexibility index (Phi) is 10.1.